The maximum absolute atomic E-state index is 13.2. The van der Waals surface area contributed by atoms with Crippen molar-refractivity contribution >= 4 is 11.8 Å². The molecule has 0 aliphatic carbocycles. The molecule has 3 atom stereocenters. The number of carbonyl (C=O) groups is 2. The SMILES string of the molecule is CCN(CC)C(=O)[C@@H]1C(=O)N(CCO)[C@]2(C)C[C@H]1c1ccccc1O2. The summed E-state index contributed by atoms with van der Waals surface area (Å²) in [6.07, 6.45) is 0.549. The van der Waals surface area contributed by atoms with Gasteiger partial charge in [0.05, 0.1) is 6.61 Å². The summed E-state index contributed by atoms with van der Waals surface area (Å²) >= 11 is 0. The number of piperidine rings is 1. The molecule has 0 spiro atoms. The van der Waals surface area contributed by atoms with Gasteiger partial charge in [-0.05, 0) is 32.4 Å². The molecule has 1 aromatic rings. The lowest BCUT2D eigenvalue weighted by molar-refractivity contribution is -0.179. The molecule has 1 aromatic carbocycles. The Kier molecular flexibility index (Phi) is 4.73. The highest BCUT2D eigenvalue weighted by molar-refractivity contribution is 6.02. The van der Waals surface area contributed by atoms with Gasteiger partial charge in [0.1, 0.15) is 11.7 Å². The Hall–Kier alpha value is -2.08. The molecular weight excluding hydrogens is 320 g/mol. The van der Waals surface area contributed by atoms with Crippen LogP contribution in [0.15, 0.2) is 24.3 Å². The molecule has 1 fully saturated rings. The van der Waals surface area contributed by atoms with Gasteiger partial charge in [-0.15, -0.1) is 0 Å². The monoisotopic (exact) mass is 346 g/mol. The fourth-order valence-corrected chi connectivity index (χ4v) is 4.17. The zero-order valence-electron chi connectivity index (χ0n) is 15.1. The smallest absolute Gasteiger partial charge is 0.238 e. The third-order valence-electron chi connectivity index (χ3n) is 5.42. The van der Waals surface area contributed by atoms with Crippen LogP contribution in [0.1, 0.15) is 38.7 Å². The number of para-hydroxylation sites is 1. The van der Waals surface area contributed by atoms with Crippen LogP contribution in [-0.2, 0) is 9.59 Å². The fraction of sp³-hybridized carbons (Fsp3) is 0.579. The molecule has 2 aliphatic rings. The Bertz CT molecular complexity index is 673. The van der Waals surface area contributed by atoms with Gasteiger partial charge >= 0.3 is 0 Å². The predicted molar refractivity (Wildman–Crippen MR) is 93.0 cm³/mol. The predicted octanol–water partition coefficient (Wildman–Crippen LogP) is 1.59. The van der Waals surface area contributed by atoms with Crippen LogP contribution in [0.25, 0.3) is 0 Å². The van der Waals surface area contributed by atoms with Gasteiger partial charge in [0.2, 0.25) is 11.8 Å². The topological polar surface area (TPSA) is 70.1 Å². The lowest BCUT2D eigenvalue weighted by Crippen LogP contribution is -2.65. The number of hydrogen-bond donors (Lipinski definition) is 1. The first kappa shape index (κ1) is 17.7. The van der Waals surface area contributed by atoms with E-state index in [0.29, 0.717) is 25.3 Å². The molecule has 2 heterocycles. The Morgan fingerprint density at radius 2 is 2.04 bits per heavy atom. The van der Waals surface area contributed by atoms with Crippen molar-refractivity contribution in [2.24, 2.45) is 5.92 Å². The zero-order chi connectivity index (χ0) is 18.2. The molecule has 6 nitrogen and oxygen atoms in total. The highest BCUT2D eigenvalue weighted by Gasteiger charge is 2.56. The zero-order valence-corrected chi connectivity index (χ0v) is 15.1. The van der Waals surface area contributed by atoms with Crippen molar-refractivity contribution in [2.45, 2.75) is 38.8 Å². The number of nitrogens with zero attached hydrogens (tertiary/aromatic N) is 2. The van der Waals surface area contributed by atoms with E-state index in [9.17, 15) is 14.7 Å². The molecular formula is C19H26N2O4. The summed E-state index contributed by atoms with van der Waals surface area (Å²) in [7, 11) is 0. The minimum atomic E-state index is -0.834. The van der Waals surface area contributed by atoms with Crippen LogP contribution in [0, 0.1) is 5.92 Å². The summed E-state index contributed by atoms with van der Waals surface area (Å²) in [5.41, 5.74) is 0.0845. The second-order valence-corrected chi connectivity index (χ2v) is 6.83. The van der Waals surface area contributed by atoms with Crippen molar-refractivity contribution in [1.29, 1.82) is 0 Å². The van der Waals surface area contributed by atoms with Crippen molar-refractivity contribution in [3.05, 3.63) is 29.8 Å². The summed E-state index contributed by atoms with van der Waals surface area (Å²) < 4.78 is 6.14. The van der Waals surface area contributed by atoms with E-state index in [1.54, 1.807) is 4.90 Å². The van der Waals surface area contributed by atoms with Crippen LogP contribution in [0.4, 0.5) is 0 Å². The number of β-amino-alcohol motifs (C(OH)–C–C–N with tert-alkyl or cyclic N) is 1. The molecule has 1 N–H and O–H groups in total. The number of likely N-dealkylation sites (tertiary alicyclic amines) is 1. The molecule has 136 valence electrons. The standard InChI is InChI=1S/C19H26N2O4/c1-4-20(5-2)17(23)16-14-12-19(3,21(10-11-22)18(16)24)25-15-9-7-6-8-13(14)15/h6-9,14,16,22H,4-5,10-12H2,1-3H3/t14-,16+,19-/m0/s1. The normalized spacial score (nSPS) is 27.5. The van der Waals surface area contributed by atoms with Crippen molar-refractivity contribution in [2.75, 3.05) is 26.2 Å². The van der Waals surface area contributed by atoms with Gasteiger partial charge in [-0.2, -0.15) is 0 Å². The number of fused-ring (bicyclic) bond motifs is 4. The van der Waals surface area contributed by atoms with Crippen molar-refractivity contribution < 1.29 is 19.4 Å². The number of hydrogen-bond acceptors (Lipinski definition) is 4. The lowest BCUT2D eigenvalue weighted by atomic mass is 9.73. The summed E-state index contributed by atoms with van der Waals surface area (Å²) in [5.74, 6) is -0.634. The number of amides is 2. The first-order valence-electron chi connectivity index (χ1n) is 8.95. The van der Waals surface area contributed by atoms with Crippen LogP contribution < -0.4 is 4.74 Å². The van der Waals surface area contributed by atoms with Crippen LogP contribution in [0.2, 0.25) is 0 Å². The van der Waals surface area contributed by atoms with Gasteiger partial charge < -0.3 is 19.6 Å². The summed E-state index contributed by atoms with van der Waals surface area (Å²) in [6.45, 7) is 6.84. The molecule has 25 heavy (non-hydrogen) atoms. The number of benzene rings is 1. The van der Waals surface area contributed by atoms with Crippen molar-refractivity contribution in [3.8, 4) is 5.75 Å². The molecule has 0 saturated carbocycles. The first-order chi connectivity index (χ1) is 12.0. The van der Waals surface area contributed by atoms with Crippen molar-refractivity contribution in [1.82, 2.24) is 9.80 Å². The van der Waals surface area contributed by atoms with Crippen LogP contribution in [0.3, 0.4) is 0 Å². The second kappa shape index (κ2) is 6.67. The van der Waals surface area contributed by atoms with Crippen LogP contribution in [0.5, 0.6) is 5.75 Å². The van der Waals surface area contributed by atoms with Gasteiger partial charge in [0.25, 0.3) is 0 Å². The third-order valence-corrected chi connectivity index (χ3v) is 5.42. The molecule has 2 bridgehead atoms. The average molecular weight is 346 g/mol. The largest absolute Gasteiger partial charge is 0.468 e. The van der Waals surface area contributed by atoms with Crippen LogP contribution in [-0.4, -0.2) is 58.7 Å². The first-order valence-corrected chi connectivity index (χ1v) is 8.95. The Morgan fingerprint density at radius 3 is 2.68 bits per heavy atom. The minimum absolute atomic E-state index is 0.137. The second-order valence-electron chi connectivity index (χ2n) is 6.83. The van der Waals surface area contributed by atoms with Crippen molar-refractivity contribution in [3.63, 3.8) is 0 Å². The van der Waals surface area contributed by atoms with Gasteiger partial charge in [0, 0.05) is 32.0 Å². The van der Waals surface area contributed by atoms with Gasteiger partial charge in [-0.25, -0.2) is 0 Å². The van der Waals surface area contributed by atoms with E-state index in [1.165, 1.54) is 4.90 Å². The van der Waals surface area contributed by atoms with E-state index < -0.39 is 11.6 Å². The maximum Gasteiger partial charge on any atom is 0.238 e. The van der Waals surface area contributed by atoms with Gasteiger partial charge in [-0.1, -0.05) is 18.2 Å². The molecule has 0 aromatic heterocycles. The highest BCUT2D eigenvalue weighted by atomic mass is 16.5. The number of rotatable bonds is 5. The minimum Gasteiger partial charge on any atom is -0.468 e. The van der Waals surface area contributed by atoms with Gasteiger partial charge in [0.15, 0.2) is 5.72 Å². The summed E-state index contributed by atoms with van der Waals surface area (Å²) in [5, 5.41) is 9.42. The Morgan fingerprint density at radius 1 is 1.36 bits per heavy atom. The van der Waals surface area contributed by atoms with Gasteiger partial charge in [-0.3, -0.25) is 9.59 Å². The summed E-state index contributed by atoms with van der Waals surface area (Å²) in [4.78, 5) is 29.6. The van der Waals surface area contributed by atoms with E-state index in [2.05, 4.69) is 0 Å². The van der Waals surface area contributed by atoms with Crippen LogP contribution >= 0.6 is 0 Å². The molecule has 3 rings (SSSR count). The van der Waals surface area contributed by atoms with E-state index >= 15 is 0 Å². The Labute approximate surface area is 148 Å². The quantitative estimate of drug-likeness (QED) is 0.822. The number of aliphatic hydroxyl groups is 1. The molecule has 2 amide bonds. The molecule has 2 aliphatic heterocycles. The molecule has 0 unspecified atom stereocenters. The van der Waals surface area contributed by atoms with E-state index in [1.807, 2.05) is 45.0 Å². The third kappa shape index (κ3) is 2.78. The number of carbonyl (C=O) groups excluding carboxylic acids is 2. The number of aliphatic hydroxyl groups excluding tert-OH is 1. The lowest BCUT2D eigenvalue weighted by Gasteiger charge is -2.53. The van der Waals surface area contributed by atoms with E-state index in [-0.39, 0.29) is 30.9 Å². The summed E-state index contributed by atoms with van der Waals surface area (Å²) in [6, 6.07) is 7.62. The average Bonchev–Trinajstić information content (AvgIpc) is 2.59. The number of ether oxygens (including phenoxy) is 1. The fourth-order valence-electron chi connectivity index (χ4n) is 4.17. The molecule has 1 saturated heterocycles. The molecule has 0 radical (unpaired) electrons. The van der Waals surface area contributed by atoms with E-state index in [0.717, 1.165) is 5.56 Å². The highest BCUT2D eigenvalue weighted by Crippen LogP contribution is 2.50. The molecule has 6 heteroatoms. The van der Waals surface area contributed by atoms with E-state index in [4.69, 9.17) is 4.74 Å². The Balaban J connectivity index is 2.09. The maximum atomic E-state index is 13.2.